The Morgan fingerprint density at radius 1 is 1.05 bits per heavy atom. The van der Waals surface area contributed by atoms with Crippen LogP contribution in [0.2, 0.25) is 0 Å². The average Bonchev–Trinajstić information content (AvgIpc) is 2.47. The smallest absolute Gasteiger partial charge is 0.222 e. The maximum atomic E-state index is 12.0. The Kier molecular flexibility index (Phi) is 5.19. The minimum absolute atomic E-state index is 0.0298. The average molecular weight is 272 g/mol. The van der Waals surface area contributed by atoms with Gasteiger partial charge in [-0.15, -0.1) is 0 Å². The van der Waals surface area contributed by atoms with Crippen LogP contribution in [0.3, 0.4) is 0 Å². The zero-order chi connectivity index (χ0) is 13.5. The van der Waals surface area contributed by atoms with Crippen molar-refractivity contribution in [2.24, 2.45) is 0 Å². The van der Waals surface area contributed by atoms with Gasteiger partial charge in [0.1, 0.15) is 6.10 Å². The van der Waals surface area contributed by atoms with Gasteiger partial charge in [-0.05, 0) is 36.4 Å². The van der Waals surface area contributed by atoms with E-state index >= 15 is 0 Å². The van der Waals surface area contributed by atoms with E-state index in [9.17, 15) is 4.79 Å². The van der Waals surface area contributed by atoms with E-state index in [0.29, 0.717) is 6.61 Å². The molecule has 2 aromatic rings. The molecule has 0 saturated carbocycles. The molecule has 0 aromatic heterocycles. The summed E-state index contributed by atoms with van der Waals surface area (Å²) in [5, 5.41) is 0.0298. The van der Waals surface area contributed by atoms with Crippen LogP contribution < -0.4 is 0 Å². The molecule has 0 unspecified atom stereocenters. The number of rotatable bonds is 5. The first kappa shape index (κ1) is 13.8. The number of hydrogen-bond donors (Lipinski definition) is 0. The minimum atomic E-state index is -0.412. The van der Waals surface area contributed by atoms with E-state index in [0.717, 1.165) is 10.5 Å². The molecule has 2 nitrogen and oxygen atoms in total. The summed E-state index contributed by atoms with van der Waals surface area (Å²) in [6, 6.07) is 19.5. The summed E-state index contributed by atoms with van der Waals surface area (Å²) in [5.41, 5.74) is 1.08. The molecule has 2 rings (SSSR count). The normalized spacial score (nSPS) is 12.1. The van der Waals surface area contributed by atoms with Crippen LogP contribution in [0.5, 0.6) is 0 Å². The third kappa shape index (κ3) is 4.54. The summed E-state index contributed by atoms with van der Waals surface area (Å²) in [4.78, 5) is 12.9. The van der Waals surface area contributed by atoms with Crippen LogP contribution in [0, 0.1) is 0 Å². The van der Waals surface area contributed by atoms with E-state index < -0.39 is 6.10 Å². The molecule has 0 fully saturated rings. The second-order valence-corrected chi connectivity index (χ2v) is 5.25. The van der Waals surface area contributed by atoms with E-state index in [-0.39, 0.29) is 5.12 Å². The Labute approximate surface area is 117 Å². The molecule has 0 aliphatic heterocycles. The van der Waals surface area contributed by atoms with Gasteiger partial charge in [-0.2, -0.15) is 0 Å². The number of carbonyl (C=O) groups excluding carboxylic acids is 1. The fraction of sp³-hybridized carbons (Fsp3) is 0.188. The molecule has 2 aromatic carbocycles. The first-order valence-electron chi connectivity index (χ1n) is 6.18. The topological polar surface area (TPSA) is 26.3 Å². The fourth-order valence-electron chi connectivity index (χ4n) is 1.55. The highest BCUT2D eigenvalue weighted by Gasteiger charge is 2.14. The molecule has 0 aliphatic rings. The van der Waals surface area contributed by atoms with Crippen LogP contribution in [0.25, 0.3) is 0 Å². The van der Waals surface area contributed by atoms with Gasteiger partial charge in [0.05, 0.1) is 6.61 Å². The highest BCUT2D eigenvalue weighted by atomic mass is 32.2. The quantitative estimate of drug-likeness (QED) is 0.772. The maximum absolute atomic E-state index is 12.0. The predicted molar refractivity (Wildman–Crippen MR) is 78.0 cm³/mol. The van der Waals surface area contributed by atoms with Crippen molar-refractivity contribution in [3.8, 4) is 0 Å². The van der Waals surface area contributed by atoms with Gasteiger partial charge in [0.25, 0.3) is 0 Å². The third-order valence-corrected chi connectivity index (χ3v) is 3.68. The van der Waals surface area contributed by atoms with Crippen molar-refractivity contribution < 1.29 is 9.53 Å². The SMILES string of the molecule is C[C@@H](OCc1ccccc1)C(=O)Sc1ccccc1. The lowest BCUT2D eigenvalue weighted by atomic mass is 10.2. The van der Waals surface area contributed by atoms with Gasteiger partial charge < -0.3 is 4.74 Å². The van der Waals surface area contributed by atoms with Gasteiger partial charge in [-0.3, -0.25) is 4.79 Å². The second kappa shape index (κ2) is 7.12. The molecule has 3 heteroatoms. The highest BCUT2D eigenvalue weighted by molar-refractivity contribution is 8.13. The summed E-state index contributed by atoms with van der Waals surface area (Å²) >= 11 is 1.22. The van der Waals surface area contributed by atoms with Crippen LogP contribution in [0.1, 0.15) is 12.5 Å². The van der Waals surface area contributed by atoms with Crippen molar-refractivity contribution in [3.05, 3.63) is 66.2 Å². The molecule has 0 bridgehead atoms. The van der Waals surface area contributed by atoms with Gasteiger partial charge >= 0.3 is 0 Å². The third-order valence-electron chi connectivity index (χ3n) is 2.64. The van der Waals surface area contributed by atoms with Crippen LogP contribution in [0.15, 0.2) is 65.6 Å². The zero-order valence-corrected chi connectivity index (χ0v) is 11.6. The van der Waals surface area contributed by atoms with Crippen molar-refractivity contribution in [2.75, 3.05) is 0 Å². The van der Waals surface area contributed by atoms with E-state index in [1.54, 1.807) is 6.92 Å². The summed E-state index contributed by atoms with van der Waals surface area (Å²) in [6.45, 7) is 2.25. The second-order valence-electron chi connectivity index (χ2n) is 4.17. The van der Waals surface area contributed by atoms with E-state index in [1.165, 1.54) is 11.8 Å². The molecule has 1 atom stereocenters. The summed E-state index contributed by atoms with van der Waals surface area (Å²) < 4.78 is 5.59. The standard InChI is InChI=1S/C16H16O2S/c1-13(18-12-14-8-4-2-5-9-14)16(17)19-15-10-6-3-7-11-15/h2-11,13H,12H2,1H3/t13-/m1/s1. The molecule has 98 valence electrons. The molecule has 0 N–H and O–H groups in total. The number of benzene rings is 2. The van der Waals surface area contributed by atoms with Gasteiger partial charge in [-0.1, -0.05) is 48.5 Å². The molecular weight excluding hydrogens is 256 g/mol. The monoisotopic (exact) mass is 272 g/mol. The first-order chi connectivity index (χ1) is 9.25. The Balaban J connectivity index is 1.83. The first-order valence-corrected chi connectivity index (χ1v) is 6.99. The summed E-state index contributed by atoms with van der Waals surface area (Å²) in [5.74, 6) is 0. The van der Waals surface area contributed by atoms with Gasteiger partial charge in [-0.25, -0.2) is 0 Å². The molecule has 0 amide bonds. The largest absolute Gasteiger partial charge is 0.365 e. The lowest BCUT2D eigenvalue weighted by Crippen LogP contribution is -2.17. The zero-order valence-electron chi connectivity index (χ0n) is 10.8. The molecule has 19 heavy (non-hydrogen) atoms. The molecule has 0 heterocycles. The van der Waals surface area contributed by atoms with Crippen LogP contribution in [-0.2, 0) is 16.1 Å². The van der Waals surface area contributed by atoms with E-state index in [2.05, 4.69) is 0 Å². The molecular formula is C16H16O2S. The lowest BCUT2D eigenvalue weighted by molar-refractivity contribution is -0.121. The molecule has 0 spiro atoms. The predicted octanol–water partition coefficient (Wildman–Crippen LogP) is 3.91. The Hall–Kier alpha value is -1.58. The summed E-state index contributed by atoms with van der Waals surface area (Å²) in [7, 11) is 0. The van der Waals surface area contributed by atoms with Crippen LogP contribution in [0.4, 0.5) is 0 Å². The van der Waals surface area contributed by atoms with Gasteiger partial charge in [0, 0.05) is 4.90 Å². The van der Waals surface area contributed by atoms with Crippen molar-refractivity contribution in [1.29, 1.82) is 0 Å². The maximum Gasteiger partial charge on any atom is 0.222 e. The number of ether oxygens (including phenoxy) is 1. The van der Waals surface area contributed by atoms with Crippen LogP contribution in [-0.4, -0.2) is 11.2 Å². The van der Waals surface area contributed by atoms with Crippen molar-refractivity contribution in [1.82, 2.24) is 0 Å². The van der Waals surface area contributed by atoms with Gasteiger partial charge in [0.2, 0.25) is 5.12 Å². The molecule has 0 aliphatic carbocycles. The minimum Gasteiger partial charge on any atom is -0.365 e. The Morgan fingerprint density at radius 3 is 2.26 bits per heavy atom. The number of thioether (sulfide) groups is 1. The summed E-state index contributed by atoms with van der Waals surface area (Å²) in [6.07, 6.45) is -0.412. The molecule has 0 radical (unpaired) electrons. The van der Waals surface area contributed by atoms with Crippen molar-refractivity contribution in [2.45, 2.75) is 24.5 Å². The number of carbonyl (C=O) groups is 1. The lowest BCUT2D eigenvalue weighted by Gasteiger charge is -2.11. The van der Waals surface area contributed by atoms with E-state index in [1.807, 2.05) is 60.7 Å². The fourth-order valence-corrected chi connectivity index (χ4v) is 2.31. The number of hydrogen-bond acceptors (Lipinski definition) is 3. The van der Waals surface area contributed by atoms with Crippen molar-refractivity contribution >= 4 is 16.9 Å². The van der Waals surface area contributed by atoms with Gasteiger partial charge in [0.15, 0.2) is 0 Å². The van der Waals surface area contributed by atoms with E-state index in [4.69, 9.17) is 4.74 Å². The molecule has 0 saturated heterocycles. The van der Waals surface area contributed by atoms with Crippen molar-refractivity contribution in [3.63, 3.8) is 0 Å². The van der Waals surface area contributed by atoms with Crippen LogP contribution >= 0.6 is 11.8 Å². The Morgan fingerprint density at radius 2 is 1.63 bits per heavy atom. The highest BCUT2D eigenvalue weighted by Crippen LogP contribution is 2.20. The Bertz CT molecular complexity index is 511.